The third kappa shape index (κ3) is 4.93. The number of aromatic nitrogens is 1. The zero-order valence-electron chi connectivity index (χ0n) is 20.2. The van der Waals surface area contributed by atoms with Gasteiger partial charge in [-0.15, -0.1) is 0 Å². The summed E-state index contributed by atoms with van der Waals surface area (Å²) in [5.74, 6) is -1.54. The molecule has 34 heavy (non-hydrogen) atoms. The van der Waals surface area contributed by atoms with Crippen molar-refractivity contribution in [2.45, 2.75) is 58.4 Å². The first-order valence-electron chi connectivity index (χ1n) is 11.7. The number of methoxy groups -OCH3 is 2. The zero-order chi connectivity index (χ0) is 24.8. The molecule has 0 spiro atoms. The van der Waals surface area contributed by atoms with E-state index in [0.717, 1.165) is 49.1 Å². The molecule has 1 fully saturated rings. The number of ether oxygens (including phenoxy) is 2. The Kier molecular flexibility index (Phi) is 8.31. The van der Waals surface area contributed by atoms with Crippen molar-refractivity contribution in [2.24, 2.45) is 0 Å². The molecule has 1 heterocycles. The predicted molar refractivity (Wildman–Crippen MR) is 130 cm³/mol. The molecule has 7 heteroatoms. The highest BCUT2D eigenvalue weighted by molar-refractivity contribution is 5.99. The predicted octanol–water partition coefficient (Wildman–Crippen LogP) is 6.19. The average Bonchev–Trinajstić information content (AvgIpc) is 3.18. The van der Waals surface area contributed by atoms with Gasteiger partial charge in [0.25, 0.3) is 0 Å². The number of aromatic hydroxyl groups is 1. The summed E-state index contributed by atoms with van der Waals surface area (Å²) in [6.07, 6.45) is 5.23. The minimum absolute atomic E-state index is 0.139. The number of hydrogen-bond donors (Lipinski definition) is 1. The Morgan fingerprint density at radius 3 is 2.35 bits per heavy atom. The van der Waals surface area contributed by atoms with E-state index in [1.807, 2.05) is 19.9 Å². The number of halogens is 1. The number of phenols is 1. The fourth-order valence-corrected chi connectivity index (χ4v) is 4.77. The monoisotopic (exact) mass is 469 g/mol. The van der Waals surface area contributed by atoms with Gasteiger partial charge in [-0.2, -0.15) is 0 Å². The van der Waals surface area contributed by atoms with Gasteiger partial charge < -0.3 is 19.1 Å². The molecule has 0 unspecified atom stereocenters. The molecule has 0 saturated heterocycles. The number of hydrogen-bond acceptors (Lipinski definition) is 5. The van der Waals surface area contributed by atoms with E-state index in [0.29, 0.717) is 22.3 Å². The first-order valence-corrected chi connectivity index (χ1v) is 11.7. The number of esters is 2. The van der Waals surface area contributed by atoms with Crippen LogP contribution in [0.5, 0.6) is 5.75 Å². The van der Waals surface area contributed by atoms with Crippen LogP contribution >= 0.6 is 0 Å². The molecule has 182 valence electrons. The Balaban J connectivity index is 0.00000158. The fraction of sp³-hybridized carbons (Fsp3) is 0.407. The smallest absolute Gasteiger partial charge is 0.337 e. The molecule has 1 aliphatic rings. The van der Waals surface area contributed by atoms with Crippen LogP contribution in [0.2, 0.25) is 0 Å². The van der Waals surface area contributed by atoms with E-state index < -0.39 is 17.8 Å². The second-order valence-electron chi connectivity index (χ2n) is 8.15. The van der Waals surface area contributed by atoms with E-state index >= 15 is 4.39 Å². The molecule has 4 rings (SSSR count). The van der Waals surface area contributed by atoms with E-state index in [-0.39, 0.29) is 18.2 Å². The largest absolute Gasteiger partial charge is 0.508 e. The second kappa shape index (κ2) is 11.2. The van der Waals surface area contributed by atoms with Crippen molar-refractivity contribution in [3.05, 3.63) is 53.3 Å². The van der Waals surface area contributed by atoms with Crippen molar-refractivity contribution in [3.63, 3.8) is 0 Å². The first kappa shape index (κ1) is 25.3. The van der Waals surface area contributed by atoms with Crippen molar-refractivity contribution in [3.8, 4) is 17.0 Å². The van der Waals surface area contributed by atoms with Gasteiger partial charge in [-0.05, 0) is 48.6 Å². The van der Waals surface area contributed by atoms with Crippen molar-refractivity contribution < 1.29 is 28.6 Å². The summed E-state index contributed by atoms with van der Waals surface area (Å²) in [6, 6.07) is 9.25. The van der Waals surface area contributed by atoms with E-state index in [4.69, 9.17) is 9.47 Å². The van der Waals surface area contributed by atoms with E-state index in [1.54, 1.807) is 16.7 Å². The van der Waals surface area contributed by atoms with E-state index in [1.165, 1.54) is 26.4 Å². The fourth-order valence-electron chi connectivity index (χ4n) is 4.77. The molecular weight excluding hydrogens is 437 g/mol. The molecule has 6 nitrogen and oxygen atoms in total. The molecule has 1 saturated carbocycles. The molecule has 1 N–H and O–H groups in total. The van der Waals surface area contributed by atoms with Crippen molar-refractivity contribution in [2.75, 3.05) is 14.2 Å². The van der Waals surface area contributed by atoms with Gasteiger partial charge in [0.2, 0.25) is 0 Å². The molecule has 0 amide bonds. The van der Waals surface area contributed by atoms with Crippen LogP contribution in [0.4, 0.5) is 4.39 Å². The average molecular weight is 470 g/mol. The van der Waals surface area contributed by atoms with Gasteiger partial charge in [-0.25, -0.2) is 9.18 Å². The van der Waals surface area contributed by atoms with Crippen molar-refractivity contribution >= 4 is 22.8 Å². The Bertz CT molecular complexity index is 1180. The molecular formula is C27H32FNO5. The number of rotatable bonds is 5. The normalized spacial score (nSPS) is 13.8. The van der Waals surface area contributed by atoms with Crippen LogP contribution in [-0.4, -0.2) is 35.8 Å². The highest BCUT2D eigenvalue weighted by atomic mass is 19.1. The Labute approximate surface area is 199 Å². The standard InChI is InChI=1S/C25H26FNO5.C2H6/c1-31-22(29)14-27-21-12-16(25(30)32-2)8-10-19(21)23(15-6-4-3-5-7-15)24(27)18-11-9-17(28)13-20(18)26;1-2/h8-13,15,28H,3-7,14H2,1-2H3;1-2H3. The lowest BCUT2D eigenvalue weighted by molar-refractivity contribution is -0.141. The van der Waals surface area contributed by atoms with Crippen LogP contribution in [0.25, 0.3) is 22.2 Å². The summed E-state index contributed by atoms with van der Waals surface area (Å²) in [5.41, 5.74) is 2.82. The molecule has 2 aromatic carbocycles. The van der Waals surface area contributed by atoms with Gasteiger partial charge in [-0.1, -0.05) is 39.2 Å². The lowest BCUT2D eigenvalue weighted by Crippen LogP contribution is -2.14. The lowest BCUT2D eigenvalue weighted by Gasteiger charge is -2.24. The van der Waals surface area contributed by atoms with Crippen LogP contribution in [-0.2, 0) is 20.8 Å². The molecule has 1 aliphatic carbocycles. The SMILES string of the molecule is CC.COC(=O)Cn1c(-c2ccc(O)cc2F)c(C2CCCCC2)c2ccc(C(=O)OC)cc21. The van der Waals surface area contributed by atoms with Gasteiger partial charge in [0.1, 0.15) is 18.1 Å². The minimum Gasteiger partial charge on any atom is -0.508 e. The van der Waals surface area contributed by atoms with Crippen LogP contribution in [0.1, 0.15) is 67.8 Å². The summed E-state index contributed by atoms with van der Waals surface area (Å²) < 4.78 is 26.6. The topological polar surface area (TPSA) is 77.8 Å². The molecule has 3 aromatic rings. The van der Waals surface area contributed by atoms with Crippen molar-refractivity contribution in [1.29, 1.82) is 0 Å². The third-order valence-corrected chi connectivity index (χ3v) is 6.26. The maximum absolute atomic E-state index is 15.1. The maximum atomic E-state index is 15.1. The quantitative estimate of drug-likeness (QED) is 0.451. The van der Waals surface area contributed by atoms with Gasteiger partial charge in [0.15, 0.2) is 0 Å². The van der Waals surface area contributed by atoms with Gasteiger partial charge >= 0.3 is 11.9 Å². The number of benzene rings is 2. The summed E-state index contributed by atoms with van der Waals surface area (Å²) in [7, 11) is 2.61. The summed E-state index contributed by atoms with van der Waals surface area (Å²) >= 11 is 0. The lowest BCUT2D eigenvalue weighted by atomic mass is 9.81. The van der Waals surface area contributed by atoms with E-state index in [9.17, 15) is 14.7 Å². The van der Waals surface area contributed by atoms with Crippen LogP contribution in [0.3, 0.4) is 0 Å². The molecule has 0 atom stereocenters. The van der Waals surface area contributed by atoms with Gasteiger partial charge in [0.05, 0.1) is 31.0 Å². The van der Waals surface area contributed by atoms with Crippen molar-refractivity contribution in [1.82, 2.24) is 4.57 Å². The Morgan fingerprint density at radius 2 is 1.74 bits per heavy atom. The van der Waals surface area contributed by atoms with Gasteiger partial charge in [-0.3, -0.25) is 4.79 Å². The third-order valence-electron chi connectivity index (χ3n) is 6.26. The maximum Gasteiger partial charge on any atom is 0.337 e. The number of carbonyl (C=O) groups excluding carboxylic acids is 2. The number of fused-ring (bicyclic) bond motifs is 1. The molecule has 1 aromatic heterocycles. The van der Waals surface area contributed by atoms with E-state index in [2.05, 4.69) is 0 Å². The zero-order valence-corrected chi connectivity index (χ0v) is 20.2. The number of carbonyl (C=O) groups is 2. The van der Waals surface area contributed by atoms with Crippen LogP contribution in [0.15, 0.2) is 36.4 Å². The number of phenolic OH excluding ortho intramolecular Hbond substituents is 1. The van der Waals surface area contributed by atoms with Crippen LogP contribution < -0.4 is 0 Å². The summed E-state index contributed by atoms with van der Waals surface area (Å²) in [4.78, 5) is 24.5. The summed E-state index contributed by atoms with van der Waals surface area (Å²) in [5, 5.41) is 10.6. The Hall–Kier alpha value is -3.35. The molecule has 0 radical (unpaired) electrons. The molecule has 0 bridgehead atoms. The minimum atomic E-state index is -0.579. The highest BCUT2D eigenvalue weighted by Crippen LogP contribution is 2.45. The highest BCUT2D eigenvalue weighted by Gasteiger charge is 2.29. The number of nitrogens with zero attached hydrogens (tertiary/aromatic N) is 1. The second-order valence-corrected chi connectivity index (χ2v) is 8.15. The Morgan fingerprint density at radius 1 is 1.03 bits per heavy atom. The first-order chi connectivity index (χ1) is 16.4. The van der Waals surface area contributed by atoms with Crippen LogP contribution in [0, 0.1) is 5.82 Å². The van der Waals surface area contributed by atoms with Gasteiger partial charge in [0, 0.05) is 17.0 Å². The summed E-state index contributed by atoms with van der Waals surface area (Å²) in [6.45, 7) is 3.86. The molecule has 0 aliphatic heterocycles.